The van der Waals surface area contributed by atoms with Crippen molar-refractivity contribution >= 4 is 16.8 Å². The Kier molecular flexibility index (Phi) is 4.71. The predicted molar refractivity (Wildman–Crippen MR) is 109 cm³/mol. The molecule has 0 unspecified atom stereocenters. The molecule has 0 fully saturated rings. The molecule has 0 bridgehead atoms. The number of benzene rings is 2. The van der Waals surface area contributed by atoms with E-state index in [9.17, 15) is 4.79 Å². The highest BCUT2D eigenvalue weighted by Crippen LogP contribution is 2.20. The summed E-state index contributed by atoms with van der Waals surface area (Å²) >= 11 is 0. The number of hydrogen-bond donors (Lipinski definition) is 2. The molecule has 0 saturated heterocycles. The molecule has 1 amide bonds. The summed E-state index contributed by atoms with van der Waals surface area (Å²) in [5.74, 6) is -0.0980. The Hall–Kier alpha value is -3.40. The largest absolute Gasteiger partial charge is 0.361 e. The monoisotopic (exact) mass is 355 g/mol. The SMILES string of the molecule is Cc1ccc(-c2cncc(C(=O)NCCc3ccc4[nH]ccc4c3)c2)cc1. The normalized spacial score (nSPS) is 10.9. The molecule has 0 aliphatic rings. The predicted octanol–water partition coefficient (Wildman–Crippen LogP) is 4.51. The van der Waals surface area contributed by atoms with Crippen LogP contribution in [0.15, 0.2) is 73.2 Å². The number of carbonyl (C=O) groups is 1. The summed E-state index contributed by atoms with van der Waals surface area (Å²) in [4.78, 5) is 19.9. The number of aromatic amines is 1. The Morgan fingerprint density at radius 3 is 2.70 bits per heavy atom. The minimum atomic E-state index is -0.0980. The topological polar surface area (TPSA) is 57.8 Å². The van der Waals surface area contributed by atoms with E-state index in [1.807, 2.05) is 24.4 Å². The van der Waals surface area contributed by atoms with Gasteiger partial charge in [-0.15, -0.1) is 0 Å². The third kappa shape index (κ3) is 3.90. The zero-order valence-electron chi connectivity index (χ0n) is 15.2. The number of nitrogens with zero attached hydrogens (tertiary/aromatic N) is 1. The van der Waals surface area contributed by atoms with Crippen LogP contribution in [0, 0.1) is 6.92 Å². The van der Waals surface area contributed by atoms with E-state index in [0.717, 1.165) is 23.1 Å². The van der Waals surface area contributed by atoms with Gasteiger partial charge in [-0.05, 0) is 54.1 Å². The van der Waals surface area contributed by atoms with Crippen molar-refractivity contribution in [2.24, 2.45) is 0 Å². The smallest absolute Gasteiger partial charge is 0.252 e. The third-order valence-electron chi connectivity index (χ3n) is 4.70. The second-order valence-electron chi connectivity index (χ2n) is 6.73. The van der Waals surface area contributed by atoms with Crippen LogP contribution >= 0.6 is 0 Å². The molecule has 4 heteroatoms. The van der Waals surface area contributed by atoms with Gasteiger partial charge >= 0.3 is 0 Å². The second kappa shape index (κ2) is 7.46. The van der Waals surface area contributed by atoms with Crippen molar-refractivity contribution in [1.82, 2.24) is 15.3 Å². The van der Waals surface area contributed by atoms with Gasteiger partial charge in [0.1, 0.15) is 0 Å². The Bertz CT molecular complexity index is 1080. The second-order valence-corrected chi connectivity index (χ2v) is 6.73. The highest BCUT2D eigenvalue weighted by molar-refractivity contribution is 5.95. The molecule has 0 spiro atoms. The van der Waals surface area contributed by atoms with E-state index in [2.05, 4.69) is 58.6 Å². The molecule has 2 aromatic carbocycles. The van der Waals surface area contributed by atoms with E-state index in [1.54, 1.807) is 12.4 Å². The third-order valence-corrected chi connectivity index (χ3v) is 4.70. The van der Waals surface area contributed by atoms with Crippen molar-refractivity contribution in [3.05, 3.63) is 89.9 Å². The van der Waals surface area contributed by atoms with Gasteiger partial charge in [-0.3, -0.25) is 9.78 Å². The number of amides is 1. The molecule has 4 nitrogen and oxygen atoms in total. The van der Waals surface area contributed by atoms with Crippen molar-refractivity contribution in [3.8, 4) is 11.1 Å². The van der Waals surface area contributed by atoms with Crippen LogP contribution in [0.5, 0.6) is 0 Å². The quantitative estimate of drug-likeness (QED) is 0.553. The fraction of sp³-hybridized carbons (Fsp3) is 0.130. The summed E-state index contributed by atoms with van der Waals surface area (Å²) < 4.78 is 0. The van der Waals surface area contributed by atoms with E-state index in [0.29, 0.717) is 12.1 Å². The van der Waals surface area contributed by atoms with E-state index in [4.69, 9.17) is 0 Å². The fourth-order valence-corrected chi connectivity index (χ4v) is 3.15. The summed E-state index contributed by atoms with van der Waals surface area (Å²) in [6, 6.07) is 18.5. The lowest BCUT2D eigenvalue weighted by Gasteiger charge is -2.08. The molecule has 2 aromatic heterocycles. The standard InChI is InChI=1S/C23H21N3O/c1-16-2-5-18(6-3-16)20-13-21(15-24-14-20)23(27)26-10-8-17-4-7-22-19(12-17)9-11-25-22/h2-7,9,11-15,25H,8,10H2,1H3,(H,26,27). The zero-order chi connectivity index (χ0) is 18.6. The van der Waals surface area contributed by atoms with Crippen LogP contribution in [-0.4, -0.2) is 22.4 Å². The Balaban J connectivity index is 1.40. The molecule has 0 aliphatic carbocycles. The molecule has 0 atom stereocenters. The van der Waals surface area contributed by atoms with E-state index < -0.39 is 0 Å². The molecule has 2 N–H and O–H groups in total. The van der Waals surface area contributed by atoms with Crippen molar-refractivity contribution in [2.45, 2.75) is 13.3 Å². The maximum Gasteiger partial charge on any atom is 0.252 e. The van der Waals surface area contributed by atoms with Crippen LogP contribution in [0.4, 0.5) is 0 Å². The number of aromatic nitrogens is 2. The number of fused-ring (bicyclic) bond motifs is 1. The average Bonchev–Trinajstić information content (AvgIpc) is 3.16. The average molecular weight is 355 g/mol. The number of carbonyl (C=O) groups excluding carboxylic acids is 1. The summed E-state index contributed by atoms with van der Waals surface area (Å²) in [5.41, 5.74) is 6.12. The molecule has 4 rings (SSSR count). The van der Waals surface area contributed by atoms with Crippen LogP contribution in [0.25, 0.3) is 22.0 Å². The van der Waals surface area contributed by atoms with E-state index in [1.165, 1.54) is 16.5 Å². The van der Waals surface area contributed by atoms with Crippen LogP contribution in [0.2, 0.25) is 0 Å². The van der Waals surface area contributed by atoms with Gasteiger partial charge in [0.25, 0.3) is 5.91 Å². The fourth-order valence-electron chi connectivity index (χ4n) is 3.15. The number of nitrogens with one attached hydrogen (secondary N) is 2. The summed E-state index contributed by atoms with van der Waals surface area (Å²) in [6.45, 7) is 2.64. The number of aryl methyl sites for hydroxylation is 1. The molecule has 2 heterocycles. The highest BCUT2D eigenvalue weighted by Gasteiger charge is 2.08. The molecule has 0 aliphatic heterocycles. The lowest BCUT2D eigenvalue weighted by atomic mass is 10.0. The molecule has 4 aromatic rings. The van der Waals surface area contributed by atoms with Crippen LogP contribution in [0.1, 0.15) is 21.5 Å². The van der Waals surface area contributed by atoms with Gasteiger partial charge in [0, 0.05) is 36.2 Å². The molecular weight excluding hydrogens is 334 g/mol. The van der Waals surface area contributed by atoms with Gasteiger partial charge in [-0.2, -0.15) is 0 Å². The maximum absolute atomic E-state index is 12.5. The van der Waals surface area contributed by atoms with Gasteiger partial charge in [0.2, 0.25) is 0 Å². The van der Waals surface area contributed by atoms with Crippen LogP contribution in [-0.2, 0) is 6.42 Å². The first-order valence-corrected chi connectivity index (χ1v) is 9.05. The first-order valence-electron chi connectivity index (χ1n) is 9.05. The zero-order valence-corrected chi connectivity index (χ0v) is 15.2. The van der Waals surface area contributed by atoms with Gasteiger partial charge in [0.05, 0.1) is 5.56 Å². The van der Waals surface area contributed by atoms with Gasteiger partial charge < -0.3 is 10.3 Å². The molecule has 27 heavy (non-hydrogen) atoms. The molecule has 0 radical (unpaired) electrons. The summed E-state index contributed by atoms with van der Waals surface area (Å²) in [6.07, 6.45) is 6.12. The van der Waals surface area contributed by atoms with Crippen LogP contribution in [0.3, 0.4) is 0 Å². The Labute approximate surface area is 158 Å². The summed E-state index contributed by atoms with van der Waals surface area (Å²) in [7, 11) is 0. The minimum Gasteiger partial charge on any atom is -0.361 e. The van der Waals surface area contributed by atoms with Gasteiger partial charge in [0.15, 0.2) is 0 Å². The van der Waals surface area contributed by atoms with Gasteiger partial charge in [-0.25, -0.2) is 0 Å². The molecular formula is C23H21N3O. The minimum absolute atomic E-state index is 0.0980. The lowest BCUT2D eigenvalue weighted by molar-refractivity contribution is 0.0954. The Morgan fingerprint density at radius 1 is 1.00 bits per heavy atom. The first kappa shape index (κ1) is 17.0. The summed E-state index contributed by atoms with van der Waals surface area (Å²) in [5, 5.41) is 4.18. The van der Waals surface area contributed by atoms with Crippen LogP contribution < -0.4 is 5.32 Å². The number of pyridine rings is 1. The molecule has 134 valence electrons. The maximum atomic E-state index is 12.5. The highest BCUT2D eigenvalue weighted by atomic mass is 16.1. The van der Waals surface area contributed by atoms with E-state index >= 15 is 0 Å². The lowest BCUT2D eigenvalue weighted by Crippen LogP contribution is -2.25. The van der Waals surface area contributed by atoms with E-state index in [-0.39, 0.29) is 5.91 Å². The molecule has 0 saturated carbocycles. The first-order chi connectivity index (χ1) is 13.2. The van der Waals surface area contributed by atoms with Gasteiger partial charge in [-0.1, -0.05) is 35.9 Å². The number of rotatable bonds is 5. The number of hydrogen-bond acceptors (Lipinski definition) is 2. The van der Waals surface area contributed by atoms with Crippen molar-refractivity contribution in [3.63, 3.8) is 0 Å². The van der Waals surface area contributed by atoms with Crippen molar-refractivity contribution < 1.29 is 4.79 Å². The number of H-pyrrole nitrogens is 1. The van der Waals surface area contributed by atoms with Crippen molar-refractivity contribution in [1.29, 1.82) is 0 Å². The van der Waals surface area contributed by atoms with Crippen molar-refractivity contribution in [2.75, 3.05) is 6.54 Å². The Morgan fingerprint density at radius 2 is 1.85 bits per heavy atom.